The molecule has 1 aliphatic heterocycles. The second kappa shape index (κ2) is 4.92. The summed E-state index contributed by atoms with van der Waals surface area (Å²) in [6, 6.07) is 12.4. The predicted octanol–water partition coefficient (Wildman–Crippen LogP) is 3.67. The lowest BCUT2D eigenvalue weighted by atomic mass is 10.0. The molecule has 1 N–H and O–H groups in total. The van der Waals surface area contributed by atoms with Gasteiger partial charge in [-0.1, -0.05) is 29.8 Å². The largest absolute Gasteiger partial charge is 0.488 e. The van der Waals surface area contributed by atoms with Crippen molar-refractivity contribution in [3.05, 3.63) is 51.2 Å². The van der Waals surface area contributed by atoms with Crippen LogP contribution in [0.15, 0.2) is 36.4 Å². The molecule has 0 aliphatic carbocycles. The average molecular weight is 280 g/mol. The molecule has 2 heterocycles. The van der Waals surface area contributed by atoms with E-state index in [0.29, 0.717) is 0 Å². The number of para-hydroxylation sites is 1. The van der Waals surface area contributed by atoms with Crippen LogP contribution in [0.3, 0.4) is 0 Å². The Balaban J connectivity index is 1.83. The fourth-order valence-corrected chi connectivity index (χ4v) is 3.63. The van der Waals surface area contributed by atoms with Crippen molar-refractivity contribution < 1.29 is 4.74 Å². The number of hydrogen-bond acceptors (Lipinski definition) is 3. The fourth-order valence-electron chi connectivity index (χ4n) is 2.40. The molecule has 2 aromatic rings. The zero-order valence-corrected chi connectivity index (χ0v) is 11.6. The summed E-state index contributed by atoms with van der Waals surface area (Å²) in [6.45, 7) is 0. The van der Waals surface area contributed by atoms with Crippen LogP contribution in [-0.2, 0) is 6.42 Å². The Morgan fingerprint density at radius 3 is 2.83 bits per heavy atom. The molecule has 1 aromatic heterocycles. The number of thiophene rings is 1. The second-order valence-corrected chi connectivity index (χ2v) is 6.12. The number of fused-ring (bicyclic) bond motifs is 1. The molecule has 0 saturated carbocycles. The molecule has 0 saturated heterocycles. The van der Waals surface area contributed by atoms with Crippen LogP contribution in [0, 0.1) is 0 Å². The number of rotatable bonds is 3. The normalized spacial score (nSPS) is 19.3. The number of nitrogens with one attached hydrogen (secondary N) is 1. The quantitative estimate of drug-likeness (QED) is 0.926. The summed E-state index contributed by atoms with van der Waals surface area (Å²) in [7, 11) is 1.96. The molecule has 18 heavy (non-hydrogen) atoms. The Bertz CT molecular complexity index is 529. The van der Waals surface area contributed by atoms with Gasteiger partial charge in [-0.25, -0.2) is 0 Å². The topological polar surface area (TPSA) is 21.3 Å². The van der Waals surface area contributed by atoms with Gasteiger partial charge in [0.25, 0.3) is 0 Å². The third-order valence-electron chi connectivity index (χ3n) is 3.26. The van der Waals surface area contributed by atoms with E-state index in [-0.39, 0.29) is 12.1 Å². The predicted molar refractivity (Wildman–Crippen MR) is 75.7 cm³/mol. The zero-order chi connectivity index (χ0) is 12.5. The van der Waals surface area contributed by atoms with Crippen molar-refractivity contribution in [2.45, 2.75) is 18.6 Å². The summed E-state index contributed by atoms with van der Waals surface area (Å²) in [6.07, 6.45) is 1.08. The molecular weight excluding hydrogens is 266 g/mol. The van der Waals surface area contributed by atoms with E-state index in [2.05, 4.69) is 23.5 Å². The SMILES string of the molecule is CNC(c1ccc(Cl)s1)C1Cc2ccccc2O1. The number of hydrogen-bond donors (Lipinski definition) is 1. The van der Waals surface area contributed by atoms with Gasteiger partial charge < -0.3 is 10.1 Å². The Hall–Kier alpha value is -1.03. The van der Waals surface area contributed by atoms with E-state index in [1.165, 1.54) is 10.4 Å². The lowest BCUT2D eigenvalue weighted by Gasteiger charge is -2.21. The first-order chi connectivity index (χ1) is 8.78. The molecule has 2 unspecified atom stereocenters. The van der Waals surface area contributed by atoms with E-state index < -0.39 is 0 Å². The van der Waals surface area contributed by atoms with Gasteiger partial charge in [0.1, 0.15) is 11.9 Å². The van der Waals surface area contributed by atoms with Gasteiger partial charge in [0.2, 0.25) is 0 Å². The van der Waals surface area contributed by atoms with Crippen molar-refractivity contribution in [1.29, 1.82) is 0 Å². The van der Waals surface area contributed by atoms with E-state index in [4.69, 9.17) is 16.3 Å². The van der Waals surface area contributed by atoms with Gasteiger partial charge in [-0.05, 0) is 30.8 Å². The fraction of sp³-hybridized carbons (Fsp3) is 0.286. The number of benzene rings is 1. The lowest BCUT2D eigenvalue weighted by Crippen LogP contribution is -2.32. The molecule has 94 valence electrons. The van der Waals surface area contributed by atoms with Crippen molar-refractivity contribution in [2.75, 3.05) is 7.05 Å². The first kappa shape index (κ1) is 12.0. The van der Waals surface area contributed by atoms with Crippen molar-refractivity contribution in [2.24, 2.45) is 0 Å². The van der Waals surface area contributed by atoms with Crippen LogP contribution < -0.4 is 10.1 Å². The van der Waals surface area contributed by atoms with Crippen LogP contribution in [0.5, 0.6) is 5.75 Å². The maximum atomic E-state index is 6.02. The number of likely N-dealkylation sites (N-methyl/N-ethyl adjacent to an activating group) is 1. The second-order valence-electron chi connectivity index (χ2n) is 4.38. The smallest absolute Gasteiger partial charge is 0.123 e. The molecule has 0 amide bonds. The summed E-state index contributed by atoms with van der Waals surface area (Å²) >= 11 is 7.62. The van der Waals surface area contributed by atoms with Gasteiger partial charge >= 0.3 is 0 Å². The maximum Gasteiger partial charge on any atom is 0.123 e. The van der Waals surface area contributed by atoms with E-state index in [1.807, 2.05) is 25.2 Å². The first-order valence-electron chi connectivity index (χ1n) is 5.95. The molecule has 0 spiro atoms. The molecule has 3 rings (SSSR count). The number of ether oxygens (including phenoxy) is 1. The van der Waals surface area contributed by atoms with E-state index in [9.17, 15) is 0 Å². The van der Waals surface area contributed by atoms with E-state index >= 15 is 0 Å². The van der Waals surface area contributed by atoms with Gasteiger partial charge in [-0.15, -0.1) is 11.3 Å². The van der Waals surface area contributed by atoms with Crippen LogP contribution in [0.4, 0.5) is 0 Å². The molecule has 1 aliphatic rings. The Kier molecular flexibility index (Phi) is 3.29. The summed E-state index contributed by atoms with van der Waals surface area (Å²) in [5, 5.41) is 3.34. The van der Waals surface area contributed by atoms with Crippen molar-refractivity contribution in [3.8, 4) is 5.75 Å². The minimum absolute atomic E-state index is 0.141. The van der Waals surface area contributed by atoms with Crippen LogP contribution in [-0.4, -0.2) is 13.2 Å². The van der Waals surface area contributed by atoms with E-state index in [1.54, 1.807) is 11.3 Å². The summed E-state index contributed by atoms with van der Waals surface area (Å²) in [5.74, 6) is 1.01. The molecular formula is C14H14ClNOS. The van der Waals surface area contributed by atoms with E-state index in [0.717, 1.165) is 16.5 Å². The maximum absolute atomic E-state index is 6.02. The molecule has 2 nitrogen and oxygen atoms in total. The third-order valence-corrected chi connectivity index (χ3v) is 4.57. The minimum atomic E-state index is 0.141. The molecule has 0 fully saturated rings. The van der Waals surface area contributed by atoms with Gasteiger partial charge in [-0.3, -0.25) is 0 Å². The molecule has 0 radical (unpaired) electrons. The molecule has 2 atom stereocenters. The average Bonchev–Trinajstić information content (AvgIpc) is 2.96. The third kappa shape index (κ3) is 2.14. The Labute approximate surface area is 116 Å². The molecule has 1 aromatic carbocycles. The Morgan fingerprint density at radius 1 is 1.33 bits per heavy atom. The first-order valence-corrected chi connectivity index (χ1v) is 7.14. The van der Waals surface area contributed by atoms with Crippen LogP contribution in [0.25, 0.3) is 0 Å². The van der Waals surface area contributed by atoms with Gasteiger partial charge in [-0.2, -0.15) is 0 Å². The summed E-state index contributed by atoms with van der Waals surface area (Å²) in [5.41, 5.74) is 1.28. The van der Waals surface area contributed by atoms with Crippen LogP contribution >= 0.6 is 22.9 Å². The standard InChI is InChI=1S/C14H14ClNOS/c1-16-14(12-6-7-13(15)18-12)11-8-9-4-2-3-5-10(9)17-11/h2-7,11,14,16H,8H2,1H3. The molecule has 4 heteroatoms. The zero-order valence-electron chi connectivity index (χ0n) is 10.0. The highest BCUT2D eigenvalue weighted by atomic mass is 35.5. The highest BCUT2D eigenvalue weighted by Crippen LogP contribution is 2.36. The van der Waals surface area contributed by atoms with Crippen LogP contribution in [0.2, 0.25) is 4.34 Å². The van der Waals surface area contributed by atoms with Crippen LogP contribution in [0.1, 0.15) is 16.5 Å². The highest BCUT2D eigenvalue weighted by molar-refractivity contribution is 7.16. The highest BCUT2D eigenvalue weighted by Gasteiger charge is 2.31. The summed E-state index contributed by atoms with van der Waals surface area (Å²) in [4.78, 5) is 1.22. The molecule has 0 bridgehead atoms. The van der Waals surface area contributed by atoms with Gasteiger partial charge in [0.05, 0.1) is 10.4 Å². The van der Waals surface area contributed by atoms with Gasteiger partial charge in [0, 0.05) is 11.3 Å². The van der Waals surface area contributed by atoms with Gasteiger partial charge in [0.15, 0.2) is 0 Å². The lowest BCUT2D eigenvalue weighted by molar-refractivity contribution is 0.185. The Morgan fingerprint density at radius 2 is 2.17 bits per heavy atom. The monoisotopic (exact) mass is 279 g/mol. The summed E-state index contributed by atoms with van der Waals surface area (Å²) < 4.78 is 6.84. The van der Waals surface area contributed by atoms with Crippen molar-refractivity contribution in [3.63, 3.8) is 0 Å². The van der Waals surface area contributed by atoms with Crippen molar-refractivity contribution in [1.82, 2.24) is 5.32 Å². The van der Waals surface area contributed by atoms with Crippen molar-refractivity contribution >= 4 is 22.9 Å². The number of halogens is 1. The minimum Gasteiger partial charge on any atom is -0.488 e.